The molecule has 0 spiro atoms. The highest BCUT2D eigenvalue weighted by molar-refractivity contribution is 6.74. The fraction of sp³-hybridized carbons (Fsp3) is 0.643. The van der Waals surface area contributed by atoms with Gasteiger partial charge >= 0.3 is 24.0 Å². The number of methoxy groups -OCH3 is 1. The molecule has 220 valence electrons. The molecule has 1 aromatic rings. The topological polar surface area (TPSA) is 126 Å². The van der Waals surface area contributed by atoms with Crippen molar-refractivity contribution in [3.63, 3.8) is 0 Å². The van der Waals surface area contributed by atoms with Crippen LogP contribution in [0.25, 0.3) is 0 Å². The molecular weight excluding hydrogens is 522 g/mol. The number of alkyl carbamates (subject to hydrolysis) is 1. The van der Waals surface area contributed by atoms with Gasteiger partial charge in [0.05, 0.1) is 13.2 Å². The standard InChI is InChI=1S/C28H45NO9Si/c1-11-18(2)23(26(32)34-8)37-24(30)20(4)36-25(31)22(19(3)38-39(9,10)28(5,6)7)29-27(33)35-17-21-15-13-12-14-16-21/h12-16,18-20,22-23H,11,17H2,1-10H3,(H,29,33)/t18?,19?,20-,22-,23-/m0/s1. The monoisotopic (exact) mass is 567 g/mol. The highest BCUT2D eigenvalue weighted by Gasteiger charge is 2.42. The first-order valence-electron chi connectivity index (χ1n) is 13.2. The first-order valence-corrected chi connectivity index (χ1v) is 16.1. The van der Waals surface area contributed by atoms with Crippen LogP contribution in [0.2, 0.25) is 18.1 Å². The molecule has 0 radical (unpaired) electrons. The van der Waals surface area contributed by atoms with E-state index in [9.17, 15) is 19.2 Å². The molecule has 2 unspecified atom stereocenters. The van der Waals surface area contributed by atoms with Gasteiger partial charge in [-0.15, -0.1) is 0 Å². The fourth-order valence-electron chi connectivity index (χ4n) is 3.21. The third kappa shape index (κ3) is 10.6. The van der Waals surface area contributed by atoms with Crippen LogP contribution < -0.4 is 5.32 Å². The first kappa shape index (κ1) is 34.1. The van der Waals surface area contributed by atoms with Gasteiger partial charge in [0, 0.05) is 5.92 Å². The lowest BCUT2D eigenvalue weighted by atomic mass is 10.0. The van der Waals surface area contributed by atoms with E-state index >= 15 is 0 Å². The maximum Gasteiger partial charge on any atom is 0.408 e. The van der Waals surface area contributed by atoms with Crippen LogP contribution in [0.5, 0.6) is 0 Å². The normalized spacial score (nSPS) is 15.6. The van der Waals surface area contributed by atoms with Gasteiger partial charge in [0.25, 0.3) is 0 Å². The molecule has 1 rings (SSSR count). The molecule has 0 aliphatic carbocycles. The van der Waals surface area contributed by atoms with Crippen LogP contribution in [0.3, 0.4) is 0 Å². The fourth-order valence-corrected chi connectivity index (χ4v) is 4.63. The summed E-state index contributed by atoms with van der Waals surface area (Å²) in [5.74, 6) is -2.83. The van der Waals surface area contributed by atoms with Crippen LogP contribution in [0, 0.1) is 5.92 Å². The Bertz CT molecular complexity index is 962. The van der Waals surface area contributed by atoms with Gasteiger partial charge < -0.3 is 28.7 Å². The summed E-state index contributed by atoms with van der Waals surface area (Å²) in [6.45, 7) is 16.7. The van der Waals surface area contributed by atoms with Gasteiger partial charge in [-0.05, 0) is 44.0 Å². The minimum Gasteiger partial charge on any atom is -0.466 e. The summed E-state index contributed by atoms with van der Waals surface area (Å²) in [5.41, 5.74) is 0.773. The molecular formula is C28H45NO9Si. The Balaban J connectivity index is 3.04. The molecule has 5 atom stereocenters. The Kier molecular flexibility index (Phi) is 13.1. The SMILES string of the molecule is CCC(C)[C@H](OC(=O)[C@H](C)OC(=O)[C@@H](NC(=O)OCc1ccccc1)C(C)O[Si](C)(C)C(C)(C)C)C(=O)OC. The van der Waals surface area contributed by atoms with E-state index < -0.39 is 56.7 Å². The maximum atomic E-state index is 13.3. The van der Waals surface area contributed by atoms with Gasteiger partial charge in [-0.25, -0.2) is 19.2 Å². The van der Waals surface area contributed by atoms with Gasteiger partial charge in [0.15, 0.2) is 20.5 Å². The molecule has 1 N–H and O–H groups in total. The van der Waals surface area contributed by atoms with E-state index in [0.29, 0.717) is 6.42 Å². The number of hydrogen-bond donors (Lipinski definition) is 1. The van der Waals surface area contributed by atoms with Crippen molar-refractivity contribution in [3.8, 4) is 0 Å². The van der Waals surface area contributed by atoms with Crippen molar-refractivity contribution < 1.29 is 42.6 Å². The van der Waals surface area contributed by atoms with E-state index in [2.05, 4.69) is 5.32 Å². The summed E-state index contributed by atoms with van der Waals surface area (Å²) in [6.07, 6.45) is -3.59. The zero-order valence-electron chi connectivity index (χ0n) is 24.9. The largest absolute Gasteiger partial charge is 0.466 e. The number of carbonyl (C=O) groups is 4. The molecule has 11 heteroatoms. The average molecular weight is 568 g/mol. The molecule has 0 aliphatic heterocycles. The molecule has 0 bridgehead atoms. The van der Waals surface area contributed by atoms with Gasteiger partial charge in [-0.3, -0.25) is 0 Å². The number of ether oxygens (including phenoxy) is 4. The zero-order chi connectivity index (χ0) is 30.0. The third-order valence-electron chi connectivity index (χ3n) is 6.96. The van der Waals surface area contributed by atoms with Crippen LogP contribution in [-0.4, -0.2) is 63.8 Å². The number of hydrogen-bond acceptors (Lipinski definition) is 9. The molecule has 0 aliphatic rings. The summed E-state index contributed by atoms with van der Waals surface area (Å²) < 4.78 is 27.1. The summed E-state index contributed by atoms with van der Waals surface area (Å²) >= 11 is 0. The van der Waals surface area contributed by atoms with Crippen LogP contribution in [0.1, 0.15) is 60.5 Å². The van der Waals surface area contributed by atoms with E-state index in [4.69, 9.17) is 23.4 Å². The van der Waals surface area contributed by atoms with Gasteiger partial charge in [0.2, 0.25) is 6.10 Å². The lowest BCUT2D eigenvalue weighted by Gasteiger charge is -2.40. The van der Waals surface area contributed by atoms with Gasteiger partial charge in [-0.1, -0.05) is 65.0 Å². The second-order valence-electron chi connectivity index (χ2n) is 11.1. The minimum absolute atomic E-state index is 0.000822. The Hall–Kier alpha value is -2.92. The van der Waals surface area contributed by atoms with Crippen molar-refractivity contribution in [3.05, 3.63) is 35.9 Å². The molecule has 0 fully saturated rings. The zero-order valence-corrected chi connectivity index (χ0v) is 25.9. The lowest BCUT2D eigenvalue weighted by Crippen LogP contribution is -2.55. The Morgan fingerprint density at radius 2 is 1.51 bits per heavy atom. The number of amides is 1. The lowest BCUT2D eigenvalue weighted by molar-refractivity contribution is -0.180. The van der Waals surface area contributed by atoms with Crippen LogP contribution in [0.15, 0.2) is 30.3 Å². The van der Waals surface area contributed by atoms with Crippen LogP contribution >= 0.6 is 0 Å². The smallest absolute Gasteiger partial charge is 0.408 e. The molecule has 1 aromatic carbocycles. The van der Waals surface area contributed by atoms with Crippen molar-refractivity contribution >= 4 is 32.3 Å². The molecule has 0 aromatic heterocycles. The second kappa shape index (κ2) is 15.0. The Labute approximate surface area is 233 Å². The summed E-state index contributed by atoms with van der Waals surface area (Å²) in [5, 5.41) is 2.37. The number of carbonyl (C=O) groups excluding carboxylic acids is 4. The van der Waals surface area contributed by atoms with E-state index in [1.807, 2.05) is 59.0 Å². The highest BCUT2D eigenvalue weighted by Crippen LogP contribution is 2.37. The summed E-state index contributed by atoms with van der Waals surface area (Å²) in [7, 11) is -1.16. The second-order valence-corrected chi connectivity index (χ2v) is 15.9. The van der Waals surface area contributed by atoms with Crippen LogP contribution in [0.4, 0.5) is 4.79 Å². The predicted molar refractivity (Wildman–Crippen MR) is 148 cm³/mol. The number of nitrogens with one attached hydrogen (secondary N) is 1. The third-order valence-corrected chi connectivity index (χ3v) is 11.5. The molecule has 10 nitrogen and oxygen atoms in total. The van der Waals surface area contributed by atoms with E-state index in [1.54, 1.807) is 26.0 Å². The Morgan fingerprint density at radius 1 is 0.923 bits per heavy atom. The Morgan fingerprint density at radius 3 is 2.03 bits per heavy atom. The van der Waals surface area contributed by atoms with Crippen molar-refractivity contribution in [1.29, 1.82) is 0 Å². The summed E-state index contributed by atoms with van der Waals surface area (Å²) in [6, 6.07) is 7.81. The van der Waals surface area contributed by atoms with E-state index in [-0.39, 0.29) is 17.6 Å². The number of esters is 3. The molecule has 0 saturated carbocycles. The minimum atomic E-state index is -2.36. The predicted octanol–water partition coefficient (Wildman–Crippen LogP) is 4.75. The molecule has 1 amide bonds. The number of benzene rings is 1. The quantitative estimate of drug-likeness (QED) is 0.204. The molecule has 0 saturated heterocycles. The van der Waals surface area contributed by atoms with Gasteiger partial charge in [0.1, 0.15) is 6.61 Å². The van der Waals surface area contributed by atoms with Crippen molar-refractivity contribution in [2.75, 3.05) is 7.11 Å². The van der Waals surface area contributed by atoms with E-state index in [1.165, 1.54) is 14.0 Å². The van der Waals surface area contributed by atoms with Crippen molar-refractivity contribution in [2.45, 2.75) is 104 Å². The maximum absolute atomic E-state index is 13.3. The number of rotatable bonds is 13. The summed E-state index contributed by atoms with van der Waals surface area (Å²) in [4.78, 5) is 50.7. The van der Waals surface area contributed by atoms with E-state index in [0.717, 1.165) is 5.56 Å². The van der Waals surface area contributed by atoms with Crippen LogP contribution in [-0.2, 0) is 44.4 Å². The van der Waals surface area contributed by atoms with Gasteiger partial charge in [-0.2, -0.15) is 0 Å². The first-order chi connectivity index (χ1) is 18.0. The highest BCUT2D eigenvalue weighted by atomic mass is 28.4. The molecule has 0 heterocycles. The van der Waals surface area contributed by atoms with Crippen molar-refractivity contribution in [1.82, 2.24) is 5.32 Å². The average Bonchev–Trinajstić information content (AvgIpc) is 2.87. The van der Waals surface area contributed by atoms with Crippen molar-refractivity contribution in [2.24, 2.45) is 5.92 Å². The molecule has 39 heavy (non-hydrogen) atoms.